The zero-order valence-electron chi connectivity index (χ0n) is 9.23. The molecule has 0 fully saturated rings. The van der Waals surface area contributed by atoms with E-state index in [-0.39, 0.29) is 6.10 Å². The topological polar surface area (TPSA) is 54.4 Å². The normalized spacial score (nSPS) is 12.5. The molecule has 1 atom stereocenters. The van der Waals surface area contributed by atoms with Gasteiger partial charge in [-0.15, -0.1) is 0 Å². The lowest BCUT2D eigenvalue weighted by Gasteiger charge is -2.09. The quantitative estimate of drug-likeness (QED) is 0.734. The average molecular weight is 210 g/mol. The van der Waals surface area contributed by atoms with Gasteiger partial charge in [0.15, 0.2) is 0 Å². The highest BCUT2D eigenvalue weighted by Crippen LogP contribution is 2.07. The third kappa shape index (κ3) is 4.27. The van der Waals surface area contributed by atoms with Gasteiger partial charge < -0.3 is 15.2 Å². The number of hydrogen-bond donors (Lipinski definition) is 2. The van der Waals surface area contributed by atoms with Crippen molar-refractivity contribution >= 4 is 0 Å². The zero-order chi connectivity index (χ0) is 11.1. The van der Waals surface area contributed by atoms with Crippen molar-refractivity contribution in [2.24, 2.45) is 0 Å². The van der Waals surface area contributed by atoms with Gasteiger partial charge in [-0.3, -0.25) is 0 Å². The summed E-state index contributed by atoms with van der Waals surface area (Å²) in [5.41, 5.74) is 1.10. The van der Waals surface area contributed by atoms with Crippen LogP contribution in [0.25, 0.3) is 0 Å². The van der Waals surface area contributed by atoms with Crippen LogP contribution in [0.1, 0.15) is 18.9 Å². The molecule has 1 aromatic rings. The molecule has 0 spiro atoms. The summed E-state index contributed by atoms with van der Waals surface area (Å²) >= 11 is 0. The molecule has 1 rings (SSSR count). The number of rotatable bonds is 6. The van der Waals surface area contributed by atoms with Gasteiger partial charge in [-0.2, -0.15) is 0 Å². The third-order valence-electron chi connectivity index (χ3n) is 2.19. The number of pyridine rings is 1. The standard InChI is InChI=1S/C11H18N2O2/c1-3-10(14)8-12-7-9-4-5-13-11(6-9)15-2/h4-6,10,12,14H,3,7-8H2,1-2H3. The Morgan fingerprint density at radius 1 is 1.60 bits per heavy atom. The van der Waals surface area contributed by atoms with Gasteiger partial charge in [-0.05, 0) is 18.1 Å². The Balaban J connectivity index is 2.37. The van der Waals surface area contributed by atoms with Crippen LogP contribution in [-0.2, 0) is 6.54 Å². The lowest BCUT2D eigenvalue weighted by atomic mass is 10.2. The molecular formula is C11H18N2O2. The molecular weight excluding hydrogens is 192 g/mol. The van der Waals surface area contributed by atoms with Crippen LogP contribution in [0.3, 0.4) is 0 Å². The molecule has 4 nitrogen and oxygen atoms in total. The fraction of sp³-hybridized carbons (Fsp3) is 0.545. The molecule has 2 N–H and O–H groups in total. The van der Waals surface area contributed by atoms with Gasteiger partial charge in [-0.25, -0.2) is 4.98 Å². The molecule has 0 aliphatic rings. The van der Waals surface area contributed by atoms with Crippen molar-refractivity contribution in [3.63, 3.8) is 0 Å². The minimum atomic E-state index is -0.270. The van der Waals surface area contributed by atoms with E-state index in [9.17, 15) is 5.11 Å². The van der Waals surface area contributed by atoms with Crippen LogP contribution in [0.5, 0.6) is 5.88 Å². The maximum atomic E-state index is 9.34. The van der Waals surface area contributed by atoms with E-state index in [2.05, 4.69) is 10.3 Å². The first-order valence-electron chi connectivity index (χ1n) is 5.14. The Kier molecular flexibility index (Phi) is 5.07. The fourth-order valence-electron chi connectivity index (χ4n) is 1.20. The smallest absolute Gasteiger partial charge is 0.213 e. The van der Waals surface area contributed by atoms with E-state index in [4.69, 9.17) is 4.74 Å². The minimum absolute atomic E-state index is 0.270. The van der Waals surface area contributed by atoms with E-state index >= 15 is 0 Å². The summed E-state index contributed by atoms with van der Waals surface area (Å²) in [6.45, 7) is 3.29. The average Bonchev–Trinajstić information content (AvgIpc) is 2.29. The number of aliphatic hydroxyl groups is 1. The molecule has 1 unspecified atom stereocenters. The first kappa shape index (κ1) is 11.9. The molecule has 0 amide bonds. The highest BCUT2D eigenvalue weighted by Gasteiger charge is 2.00. The maximum Gasteiger partial charge on any atom is 0.213 e. The van der Waals surface area contributed by atoms with Crippen LogP contribution in [0.4, 0.5) is 0 Å². The Morgan fingerprint density at radius 3 is 3.07 bits per heavy atom. The van der Waals surface area contributed by atoms with Crippen molar-refractivity contribution in [1.82, 2.24) is 10.3 Å². The van der Waals surface area contributed by atoms with E-state index in [0.717, 1.165) is 18.5 Å². The van der Waals surface area contributed by atoms with Crippen molar-refractivity contribution in [2.75, 3.05) is 13.7 Å². The summed E-state index contributed by atoms with van der Waals surface area (Å²) in [6.07, 6.45) is 2.22. The summed E-state index contributed by atoms with van der Waals surface area (Å²) in [5.74, 6) is 0.616. The number of methoxy groups -OCH3 is 1. The van der Waals surface area contributed by atoms with Crippen molar-refractivity contribution in [2.45, 2.75) is 26.0 Å². The van der Waals surface area contributed by atoms with E-state index in [0.29, 0.717) is 12.4 Å². The van der Waals surface area contributed by atoms with Crippen LogP contribution in [0, 0.1) is 0 Å². The van der Waals surface area contributed by atoms with E-state index in [1.165, 1.54) is 0 Å². The summed E-state index contributed by atoms with van der Waals surface area (Å²) in [7, 11) is 1.60. The Labute approximate surface area is 90.3 Å². The molecule has 1 aromatic heterocycles. The highest BCUT2D eigenvalue weighted by atomic mass is 16.5. The molecule has 84 valence electrons. The predicted molar refractivity (Wildman–Crippen MR) is 58.8 cm³/mol. The van der Waals surface area contributed by atoms with Gasteiger partial charge in [0.2, 0.25) is 5.88 Å². The molecule has 4 heteroatoms. The van der Waals surface area contributed by atoms with Crippen LogP contribution in [0.15, 0.2) is 18.3 Å². The molecule has 0 aliphatic heterocycles. The first-order valence-corrected chi connectivity index (χ1v) is 5.14. The first-order chi connectivity index (χ1) is 7.26. The SMILES string of the molecule is CCC(O)CNCc1ccnc(OC)c1. The van der Waals surface area contributed by atoms with Crippen molar-refractivity contribution in [1.29, 1.82) is 0 Å². The molecule has 15 heavy (non-hydrogen) atoms. The van der Waals surface area contributed by atoms with Crippen LogP contribution in [0.2, 0.25) is 0 Å². The van der Waals surface area contributed by atoms with Gasteiger partial charge >= 0.3 is 0 Å². The van der Waals surface area contributed by atoms with Gasteiger partial charge in [0.1, 0.15) is 0 Å². The van der Waals surface area contributed by atoms with Gasteiger partial charge in [-0.1, -0.05) is 6.92 Å². The third-order valence-corrected chi connectivity index (χ3v) is 2.19. The fourth-order valence-corrected chi connectivity index (χ4v) is 1.20. The van der Waals surface area contributed by atoms with Gasteiger partial charge in [0.05, 0.1) is 13.2 Å². The molecule has 0 bridgehead atoms. The number of aliphatic hydroxyl groups excluding tert-OH is 1. The van der Waals surface area contributed by atoms with E-state index < -0.39 is 0 Å². The molecule has 1 heterocycles. The lowest BCUT2D eigenvalue weighted by Crippen LogP contribution is -2.25. The minimum Gasteiger partial charge on any atom is -0.481 e. The predicted octanol–water partition coefficient (Wildman–Crippen LogP) is 0.951. The monoisotopic (exact) mass is 210 g/mol. The summed E-state index contributed by atoms with van der Waals surface area (Å²) < 4.78 is 5.02. The second-order valence-electron chi connectivity index (χ2n) is 3.40. The summed E-state index contributed by atoms with van der Waals surface area (Å²) in [5, 5.41) is 12.5. The molecule has 0 radical (unpaired) electrons. The van der Waals surface area contributed by atoms with Crippen LogP contribution in [-0.4, -0.2) is 29.8 Å². The van der Waals surface area contributed by atoms with Gasteiger partial charge in [0, 0.05) is 25.4 Å². The van der Waals surface area contributed by atoms with E-state index in [1.807, 2.05) is 19.1 Å². The zero-order valence-corrected chi connectivity index (χ0v) is 9.23. The molecule has 0 saturated carbocycles. The molecule has 0 aromatic carbocycles. The second-order valence-corrected chi connectivity index (χ2v) is 3.40. The van der Waals surface area contributed by atoms with Crippen molar-refractivity contribution in [3.05, 3.63) is 23.9 Å². The Morgan fingerprint density at radius 2 is 2.40 bits per heavy atom. The molecule has 0 aliphatic carbocycles. The summed E-state index contributed by atoms with van der Waals surface area (Å²) in [6, 6.07) is 3.80. The second kappa shape index (κ2) is 6.37. The van der Waals surface area contributed by atoms with Crippen molar-refractivity contribution < 1.29 is 9.84 Å². The Bertz CT molecular complexity index is 292. The number of nitrogens with one attached hydrogen (secondary N) is 1. The maximum absolute atomic E-state index is 9.34. The van der Waals surface area contributed by atoms with Crippen molar-refractivity contribution in [3.8, 4) is 5.88 Å². The number of nitrogens with zero attached hydrogens (tertiary/aromatic N) is 1. The Hall–Kier alpha value is -1.13. The van der Waals surface area contributed by atoms with Crippen LogP contribution >= 0.6 is 0 Å². The summed E-state index contributed by atoms with van der Waals surface area (Å²) in [4.78, 5) is 4.02. The largest absolute Gasteiger partial charge is 0.481 e. The van der Waals surface area contributed by atoms with Crippen LogP contribution < -0.4 is 10.1 Å². The van der Waals surface area contributed by atoms with E-state index in [1.54, 1.807) is 13.3 Å². The number of aromatic nitrogens is 1. The lowest BCUT2D eigenvalue weighted by molar-refractivity contribution is 0.167. The number of hydrogen-bond acceptors (Lipinski definition) is 4. The number of ether oxygens (including phenoxy) is 1. The van der Waals surface area contributed by atoms with Gasteiger partial charge in [0.25, 0.3) is 0 Å². The molecule has 0 saturated heterocycles. The highest BCUT2D eigenvalue weighted by molar-refractivity contribution is 5.20.